The lowest BCUT2D eigenvalue weighted by Gasteiger charge is -2.21. The van der Waals surface area contributed by atoms with Crippen LogP contribution in [-0.4, -0.2) is 19.6 Å². The summed E-state index contributed by atoms with van der Waals surface area (Å²) in [6, 6.07) is 17.2. The average Bonchev–Trinajstić information content (AvgIpc) is 2.60. The van der Waals surface area contributed by atoms with Crippen LogP contribution in [0.5, 0.6) is 11.5 Å². The van der Waals surface area contributed by atoms with Crippen LogP contribution in [0.3, 0.4) is 0 Å². The molecule has 0 saturated carbocycles. The summed E-state index contributed by atoms with van der Waals surface area (Å²) in [5.41, 5.74) is 1.11. The number of hydrogen-bond donors (Lipinski definition) is 1. The molecule has 128 valence electrons. The molecule has 0 fully saturated rings. The number of amides is 1. The Hall–Kier alpha value is -2.49. The van der Waals surface area contributed by atoms with Crippen molar-refractivity contribution in [2.45, 2.75) is 26.3 Å². The third-order valence-corrected chi connectivity index (χ3v) is 3.66. The molecule has 0 aromatic heterocycles. The quantitative estimate of drug-likeness (QED) is 0.798. The Morgan fingerprint density at radius 3 is 2.42 bits per heavy atom. The molecule has 4 heteroatoms. The Bertz CT molecular complexity index is 640. The number of hydrogen-bond acceptors (Lipinski definition) is 3. The van der Waals surface area contributed by atoms with Gasteiger partial charge in [0.1, 0.15) is 11.5 Å². The van der Waals surface area contributed by atoms with E-state index < -0.39 is 0 Å². The Labute approximate surface area is 143 Å². The Morgan fingerprint density at radius 1 is 1.04 bits per heavy atom. The van der Waals surface area contributed by atoms with E-state index in [0.29, 0.717) is 17.4 Å². The predicted molar refractivity (Wildman–Crippen MR) is 95.3 cm³/mol. The molecule has 0 aliphatic heterocycles. The largest absolute Gasteiger partial charge is 0.497 e. The molecule has 0 unspecified atom stereocenters. The van der Waals surface area contributed by atoms with E-state index in [1.54, 1.807) is 19.2 Å². The van der Waals surface area contributed by atoms with Crippen LogP contribution in [0.1, 0.15) is 31.9 Å². The van der Waals surface area contributed by atoms with Gasteiger partial charge < -0.3 is 14.8 Å². The van der Waals surface area contributed by atoms with Gasteiger partial charge in [0.15, 0.2) is 6.61 Å². The van der Waals surface area contributed by atoms with Crippen molar-refractivity contribution in [1.29, 1.82) is 0 Å². The summed E-state index contributed by atoms with van der Waals surface area (Å²) >= 11 is 0. The first-order valence-corrected chi connectivity index (χ1v) is 8.19. The number of benzene rings is 2. The molecule has 1 amide bonds. The fraction of sp³-hybridized carbons (Fsp3) is 0.350. The van der Waals surface area contributed by atoms with Crippen molar-refractivity contribution in [2.75, 3.05) is 13.7 Å². The zero-order valence-corrected chi connectivity index (χ0v) is 14.5. The fourth-order valence-corrected chi connectivity index (χ4v) is 2.51. The second-order valence-electron chi connectivity index (χ2n) is 6.13. The van der Waals surface area contributed by atoms with Gasteiger partial charge in [0.25, 0.3) is 5.91 Å². The first-order chi connectivity index (χ1) is 11.6. The van der Waals surface area contributed by atoms with E-state index >= 15 is 0 Å². The standard InChI is InChI=1S/C20H25NO3/c1-15(2)12-19(16-8-5-4-6-9-16)21-20(22)14-24-18-11-7-10-17(13-18)23-3/h4-11,13,15,19H,12,14H2,1-3H3,(H,21,22)/t19-/m0/s1. The van der Waals surface area contributed by atoms with Crippen LogP contribution in [0.15, 0.2) is 54.6 Å². The lowest BCUT2D eigenvalue weighted by molar-refractivity contribution is -0.124. The number of methoxy groups -OCH3 is 1. The molecular formula is C20H25NO3. The van der Waals surface area contributed by atoms with Gasteiger partial charge in [-0.15, -0.1) is 0 Å². The smallest absolute Gasteiger partial charge is 0.258 e. The molecule has 0 saturated heterocycles. The highest BCUT2D eigenvalue weighted by Crippen LogP contribution is 2.21. The summed E-state index contributed by atoms with van der Waals surface area (Å²) in [5.74, 6) is 1.67. The van der Waals surface area contributed by atoms with Gasteiger partial charge in [-0.1, -0.05) is 50.2 Å². The van der Waals surface area contributed by atoms with Crippen LogP contribution < -0.4 is 14.8 Å². The van der Waals surface area contributed by atoms with Crippen molar-refractivity contribution in [1.82, 2.24) is 5.32 Å². The van der Waals surface area contributed by atoms with Crippen LogP contribution in [0, 0.1) is 5.92 Å². The fourth-order valence-electron chi connectivity index (χ4n) is 2.51. The Kier molecular flexibility index (Phi) is 6.67. The maximum Gasteiger partial charge on any atom is 0.258 e. The number of carbonyl (C=O) groups excluding carboxylic acids is 1. The second-order valence-corrected chi connectivity index (χ2v) is 6.13. The molecule has 0 spiro atoms. The lowest BCUT2D eigenvalue weighted by atomic mass is 9.97. The summed E-state index contributed by atoms with van der Waals surface area (Å²) in [7, 11) is 1.60. The SMILES string of the molecule is COc1cccc(OCC(=O)N[C@@H](CC(C)C)c2ccccc2)c1. The third-order valence-electron chi connectivity index (χ3n) is 3.66. The maximum atomic E-state index is 12.3. The molecule has 2 rings (SSSR count). The van der Waals surface area contributed by atoms with Gasteiger partial charge >= 0.3 is 0 Å². The van der Waals surface area contributed by atoms with Crippen molar-refractivity contribution < 1.29 is 14.3 Å². The van der Waals surface area contributed by atoms with E-state index in [2.05, 4.69) is 19.2 Å². The summed E-state index contributed by atoms with van der Waals surface area (Å²) in [5, 5.41) is 3.07. The van der Waals surface area contributed by atoms with E-state index in [-0.39, 0.29) is 18.6 Å². The molecule has 4 nitrogen and oxygen atoms in total. The van der Waals surface area contributed by atoms with E-state index in [1.807, 2.05) is 42.5 Å². The molecule has 0 heterocycles. The molecule has 0 aliphatic rings. The van der Waals surface area contributed by atoms with Gasteiger partial charge in [-0.25, -0.2) is 0 Å². The Balaban J connectivity index is 1.94. The highest BCUT2D eigenvalue weighted by Gasteiger charge is 2.16. The van der Waals surface area contributed by atoms with Crippen LogP contribution >= 0.6 is 0 Å². The molecule has 0 radical (unpaired) electrons. The van der Waals surface area contributed by atoms with Gasteiger partial charge in [0, 0.05) is 6.07 Å². The minimum Gasteiger partial charge on any atom is -0.497 e. The van der Waals surface area contributed by atoms with Crippen LogP contribution in [-0.2, 0) is 4.79 Å². The molecule has 1 atom stereocenters. The van der Waals surface area contributed by atoms with E-state index in [9.17, 15) is 4.79 Å². The van der Waals surface area contributed by atoms with E-state index in [1.165, 1.54) is 0 Å². The van der Waals surface area contributed by atoms with Crippen molar-refractivity contribution in [2.24, 2.45) is 5.92 Å². The lowest BCUT2D eigenvalue weighted by Crippen LogP contribution is -2.33. The van der Waals surface area contributed by atoms with Gasteiger partial charge in [0.2, 0.25) is 0 Å². The molecule has 0 aliphatic carbocycles. The molecule has 2 aromatic rings. The predicted octanol–water partition coefficient (Wildman–Crippen LogP) is 3.98. The van der Waals surface area contributed by atoms with Crippen molar-refractivity contribution in [3.63, 3.8) is 0 Å². The van der Waals surface area contributed by atoms with E-state index in [4.69, 9.17) is 9.47 Å². The number of nitrogens with one attached hydrogen (secondary N) is 1. The highest BCUT2D eigenvalue weighted by molar-refractivity contribution is 5.78. The van der Waals surface area contributed by atoms with Crippen LogP contribution in [0.2, 0.25) is 0 Å². The Morgan fingerprint density at radius 2 is 1.75 bits per heavy atom. The van der Waals surface area contributed by atoms with Crippen LogP contribution in [0.4, 0.5) is 0 Å². The summed E-state index contributed by atoms with van der Waals surface area (Å²) in [6.45, 7) is 4.28. The zero-order valence-electron chi connectivity index (χ0n) is 14.5. The molecule has 0 bridgehead atoms. The topological polar surface area (TPSA) is 47.6 Å². The highest BCUT2D eigenvalue weighted by atomic mass is 16.5. The molecule has 24 heavy (non-hydrogen) atoms. The summed E-state index contributed by atoms with van der Waals surface area (Å²) in [4.78, 5) is 12.3. The average molecular weight is 327 g/mol. The monoisotopic (exact) mass is 327 g/mol. The normalized spacial score (nSPS) is 11.8. The van der Waals surface area contributed by atoms with Gasteiger partial charge in [-0.2, -0.15) is 0 Å². The first-order valence-electron chi connectivity index (χ1n) is 8.19. The molecule has 1 N–H and O–H groups in total. The zero-order chi connectivity index (χ0) is 17.4. The molecular weight excluding hydrogens is 302 g/mol. The first kappa shape index (κ1) is 17.9. The minimum atomic E-state index is -0.132. The van der Waals surface area contributed by atoms with Gasteiger partial charge in [0.05, 0.1) is 13.2 Å². The molecule has 2 aromatic carbocycles. The van der Waals surface area contributed by atoms with Crippen LogP contribution in [0.25, 0.3) is 0 Å². The minimum absolute atomic E-state index is 0.00684. The van der Waals surface area contributed by atoms with Gasteiger partial charge in [-0.3, -0.25) is 4.79 Å². The number of carbonyl (C=O) groups is 1. The number of rotatable bonds is 8. The van der Waals surface area contributed by atoms with Crippen molar-refractivity contribution >= 4 is 5.91 Å². The second kappa shape index (κ2) is 8.96. The van der Waals surface area contributed by atoms with E-state index in [0.717, 1.165) is 12.0 Å². The number of ether oxygens (including phenoxy) is 2. The maximum absolute atomic E-state index is 12.3. The van der Waals surface area contributed by atoms with Gasteiger partial charge in [-0.05, 0) is 30.0 Å². The van der Waals surface area contributed by atoms with Crippen molar-refractivity contribution in [3.05, 3.63) is 60.2 Å². The van der Waals surface area contributed by atoms with Crippen molar-refractivity contribution in [3.8, 4) is 11.5 Å². The summed E-state index contributed by atoms with van der Waals surface area (Å²) < 4.78 is 10.7. The third kappa shape index (κ3) is 5.61. The summed E-state index contributed by atoms with van der Waals surface area (Å²) in [6.07, 6.45) is 0.884.